The Balaban J connectivity index is 1.84. The molecule has 0 aliphatic carbocycles. The highest BCUT2D eigenvalue weighted by atomic mass is 16.5. The van der Waals surface area contributed by atoms with Crippen molar-refractivity contribution in [1.82, 2.24) is 5.32 Å². The number of carbonyl (C=O) groups excluding carboxylic acids is 1. The summed E-state index contributed by atoms with van der Waals surface area (Å²) in [5, 5.41) is 2.96. The molecule has 0 bridgehead atoms. The molecule has 0 saturated heterocycles. The number of nitrogens with one attached hydrogen (secondary N) is 1. The number of benzene rings is 2. The molecule has 0 aliphatic rings. The van der Waals surface area contributed by atoms with E-state index in [4.69, 9.17) is 14.2 Å². The van der Waals surface area contributed by atoms with Gasteiger partial charge in [0.15, 0.2) is 11.5 Å². The standard InChI is InChI=1S/C21H27NO4/c1-5-26-18-11-9-17(13-15(18)2)21(23)22-12-6-7-16-8-10-19(24-3)20(14-16)25-4/h8-11,13-14H,5-7,12H2,1-4H3,(H,22,23). The normalized spacial score (nSPS) is 10.3. The van der Waals surface area contributed by atoms with E-state index in [1.54, 1.807) is 20.3 Å². The third-order valence-corrected chi connectivity index (χ3v) is 4.11. The van der Waals surface area contributed by atoms with Crippen LogP contribution >= 0.6 is 0 Å². The van der Waals surface area contributed by atoms with Crippen LogP contribution in [0.2, 0.25) is 0 Å². The van der Waals surface area contributed by atoms with E-state index in [1.165, 1.54) is 0 Å². The molecule has 1 amide bonds. The number of carbonyl (C=O) groups is 1. The van der Waals surface area contributed by atoms with Crippen molar-refractivity contribution in [2.24, 2.45) is 0 Å². The summed E-state index contributed by atoms with van der Waals surface area (Å²) in [5.41, 5.74) is 2.76. The van der Waals surface area contributed by atoms with Crippen molar-refractivity contribution < 1.29 is 19.0 Å². The Morgan fingerprint density at radius 1 is 1.00 bits per heavy atom. The Bertz CT molecular complexity index is 743. The second-order valence-corrected chi connectivity index (χ2v) is 5.96. The Labute approximate surface area is 155 Å². The zero-order valence-corrected chi connectivity index (χ0v) is 15.9. The first kappa shape index (κ1) is 19.6. The summed E-state index contributed by atoms with van der Waals surface area (Å²) in [7, 11) is 3.25. The summed E-state index contributed by atoms with van der Waals surface area (Å²) in [6.07, 6.45) is 1.69. The fourth-order valence-corrected chi connectivity index (χ4v) is 2.74. The van der Waals surface area contributed by atoms with Gasteiger partial charge in [-0.15, -0.1) is 0 Å². The van der Waals surface area contributed by atoms with Crippen LogP contribution in [-0.2, 0) is 6.42 Å². The van der Waals surface area contributed by atoms with Gasteiger partial charge in [0, 0.05) is 12.1 Å². The van der Waals surface area contributed by atoms with E-state index in [0.717, 1.165) is 41.2 Å². The van der Waals surface area contributed by atoms with Crippen LogP contribution in [0.1, 0.15) is 34.8 Å². The second kappa shape index (κ2) is 9.70. The molecule has 140 valence electrons. The SMILES string of the molecule is CCOc1ccc(C(=O)NCCCc2ccc(OC)c(OC)c2)cc1C. The predicted octanol–water partition coefficient (Wildman–Crippen LogP) is 3.77. The van der Waals surface area contributed by atoms with Crippen molar-refractivity contribution in [1.29, 1.82) is 0 Å². The van der Waals surface area contributed by atoms with Gasteiger partial charge in [0.25, 0.3) is 5.91 Å². The number of hydrogen-bond acceptors (Lipinski definition) is 4. The molecular weight excluding hydrogens is 330 g/mol. The minimum atomic E-state index is -0.0662. The Morgan fingerprint density at radius 2 is 1.73 bits per heavy atom. The molecule has 5 nitrogen and oxygen atoms in total. The van der Waals surface area contributed by atoms with Crippen LogP contribution in [-0.4, -0.2) is 33.3 Å². The summed E-state index contributed by atoms with van der Waals surface area (Å²) < 4.78 is 16.1. The molecule has 0 saturated carbocycles. The Morgan fingerprint density at radius 3 is 2.38 bits per heavy atom. The van der Waals surface area contributed by atoms with Crippen molar-refractivity contribution in [2.45, 2.75) is 26.7 Å². The lowest BCUT2D eigenvalue weighted by Crippen LogP contribution is -2.24. The van der Waals surface area contributed by atoms with Gasteiger partial charge in [0.05, 0.1) is 20.8 Å². The largest absolute Gasteiger partial charge is 0.494 e. The molecule has 0 unspecified atom stereocenters. The molecule has 0 aliphatic heterocycles. The average Bonchev–Trinajstić information content (AvgIpc) is 2.66. The second-order valence-electron chi connectivity index (χ2n) is 5.96. The van der Waals surface area contributed by atoms with E-state index < -0.39 is 0 Å². The highest BCUT2D eigenvalue weighted by Crippen LogP contribution is 2.27. The van der Waals surface area contributed by atoms with Crippen molar-refractivity contribution in [3.63, 3.8) is 0 Å². The number of methoxy groups -OCH3 is 2. The first-order chi connectivity index (χ1) is 12.6. The van der Waals surface area contributed by atoms with Crippen LogP contribution in [0.3, 0.4) is 0 Å². The first-order valence-electron chi connectivity index (χ1n) is 8.81. The van der Waals surface area contributed by atoms with Crippen molar-refractivity contribution >= 4 is 5.91 Å². The van der Waals surface area contributed by atoms with Gasteiger partial charge in [-0.2, -0.15) is 0 Å². The molecule has 0 spiro atoms. The highest BCUT2D eigenvalue weighted by Gasteiger charge is 2.08. The summed E-state index contributed by atoms with van der Waals surface area (Å²) in [6, 6.07) is 11.4. The Hall–Kier alpha value is -2.69. The predicted molar refractivity (Wildman–Crippen MR) is 103 cm³/mol. The molecule has 0 atom stereocenters. The highest BCUT2D eigenvalue weighted by molar-refractivity contribution is 5.94. The zero-order chi connectivity index (χ0) is 18.9. The Kier molecular flexibility index (Phi) is 7.33. The molecule has 2 rings (SSSR count). The van der Waals surface area contributed by atoms with E-state index in [0.29, 0.717) is 18.7 Å². The third-order valence-electron chi connectivity index (χ3n) is 4.11. The van der Waals surface area contributed by atoms with Gasteiger partial charge in [0.1, 0.15) is 5.75 Å². The van der Waals surface area contributed by atoms with Crippen LogP contribution in [0.25, 0.3) is 0 Å². The molecule has 1 N–H and O–H groups in total. The maximum atomic E-state index is 12.3. The van der Waals surface area contributed by atoms with Crippen molar-refractivity contribution in [3.05, 3.63) is 53.1 Å². The van der Waals surface area contributed by atoms with Gasteiger partial charge >= 0.3 is 0 Å². The number of rotatable bonds is 9. The van der Waals surface area contributed by atoms with Crippen LogP contribution in [0, 0.1) is 6.92 Å². The van der Waals surface area contributed by atoms with E-state index >= 15 is 0 Å². The van der Waals surface area contributed by atoms with Crippen LogP contribution in [0.5, 0.6) is 17.2 Å². The van der Waals surface area contributed by atoms with Gasteiger partial charge in [-0.05, 0) is 68.1 Å². The number of hydrogen-bond donors (Lipinski definition) is 1. The zero-order valence-electron chi connectivity index (χ0n) is 15.9. The fraction of sp³-hybridized carbons (Fsp3) is 0.381. The molecule has 2 aromatic rings. The van der Waals surface area contributed by atoms with Gasteiger partial charge in [0.2, 0.25) is 0 Å². The van der Waals surface area contributed by atoms with E-state index in [-0.39, 0.29) is 5.91 Å². The van der Waals surface area contributed by atoms with Gasteiger partial charge in [-0.1, -0.05) is 6.07 Å². The average molecular weight is 357 g/mol. The minimum absolute atomic E-state index is 0.0662. The van der Waals surface area contributed by atoms with E-state index in [9.17, 15) is 4.79 Å². The molecule has 0 radical (unpaired) electrons. The van der Waals surface area contributed by atoms with Gasteiger partial charge < -0.3 is 19.5 Å². The van der Waals surface area contributed by atoms with Crippen LogP contribution in [0.15, 0.2) is 36.4 Å². The van der Waals surface area contributed by atoms with Gasteiger partial charge in [-0.3, -0.25) is 4.79 Å². The fourth-order valence-electron chi connectivity index (χ4n) is 2.74. The topological polar surface area (TPSA) is 56.8 Å². The maximum Gasteiger partial charge on any atom is 0.251 e. The molecule has 2 aromatic carbocycles. The first-order valence-corrected chi connectivity index (χ1v) is 8.81. The molecule has 0 heterocycles. The summed E-state index contributed by atoms with van der Waals surface area (Å²) in [4.78, 5) is 12.3. The maximum absolute atomic E-state index is 12.3. The van der Waals surface area contributed by atoms with E-state index in [2.05, 4.69) is 5.32 Å². The van der Waals surface area contributed by atoms with Crippen molar-refractivity contribution in [2.75, 3.05) is 27.4 Å². The molecule has 0 fully saturated rings. The number of ether oxygens (including phenoxy) is 3. The summed E-state index contributed by atoms with van der Waals surface area (Å²) >= 11 is 0. The quantitative estimate of drug-likeness (QED) is 0.694. The van der Waals surface area contributed by atoms with E-state index in [1.807, 2.05) is 44.2 Å². The number of amides is 1. The molecule has 0 aromatic heterocycles. The smallest absolute Gasteiger partial charge is 0.251 e. The van der Waals surface area contributed by atoms with Crippen molar-refractivity contribution in [3.8, 4) is 17.2 Å². The summed E-state index contributed by atoms with van der Waals surface area (Å²) in [5.74, 6) is 2.19. The summed E-state index contributed by atoms with van der Waals surface area (Å²) in [6.45, 7) is 5.11. The lowest BCUT2D eigenvalue weighted by atomic mass is 10.1. The molecular formula is C21H27NO4. The molecule has 5 heteroatoms. The minimum Gasteiger partial charge on any atom is -0.494 e. The molecule has 26 heavy (non-hydrogen) atoms. The number of aryl methyl sites for hydroxylation is 2. The van der Waals surface area contributed by atoms with Crippen LogP contribution in [0.4, 0.5) is 0 Å². The third kappa shape index (κ3) is 5.15. The van der Waals surface area contributed by atoms with Gasteiger partial charge in [-0.25, -0.2) is 0 Å². The monoisotopic (exact) mass is 357 g/mol. The lowest BCUT2D eigenvalue weighted by molar-refractivity contribution is 0.0953. The van der Waals surface area contributed by atoms with Crippen LogP contribution < -0.4 is 19.5 Å². The lowest BCUT2D eigenvalue weighted by Gasteiger charge is -2.11.